The second kappa shape index (κ2) is 10.7. The number of likely N-dealkylation sites (tertiary alicyclic amines) is 1. The van der Waals surface area contributed by atoms with Crippen molar-refractivity contribution in [2.75, 3.05) is 13.7 Å². The molecule has 30 heavy (non-hydrogen) atoms. The van der Waals surface area contributed by atoms with Crippen LogP contribution in [0, 0.1) is 5.92 Å². The Morgan fingerprint density at radius 3 is 2.73 bits per heavy atom. The first-order valence-corrected chi connectivity index (χ1v) is 11.5. The molecule has 0 unspecified atom stereocenters. The van der Waals surface area contributed by atoms with Gasteiger partial charge in [0.25, 0.3) is 0 Å². The summed E-state index contributed by atoms with van der Waals surface area (Å²) in [5.74, 6) is -0.339. The number of nitrogens with zero attached hydrogens (tertiary/aromatic N) is 2. The Bertz CT molecular complexity index is 812. The number of amides is 2. The number of carbonyl (C=O) groups is 2. The summed E-state index contributed by atoms with van der Waals surface area (Å²) >= 11 is 1.54. The van der Waals surface area contributed by atoms with Gasteiger partial charge in [-0.05, 0) is 24.8 Å². The number of nitrogens with one attached hydrogen (secondary N) is 1. The van der Waals surface area contributed by atoms with E-state index in [0.717, 1.165) is 30.0 Å². The van der Waals surface area contributed by atoms with Gasteiger partial charge >= 0.3 is 0 Å². The van der Waals surface area contributed by atoms with Gasteiger partial charge in [0.15, 0.2) is 0 Å². The number of thiazole rings is 1. The molecule has 1 aliphatic rings. The highest BCUT2D eigenvalue weighted by Gasteiger charge is 2.39. The number of hydrogen-bond acceptors (Lipinski definition) is 5. The van der Waals surface area contributed by atoms with Crippen molar-refractivity contribution in [1.82, 2.24) is 15.2 Å². The summed E-state index contributed by atoms with van der Waals surface area (Å²) in [6.07, 6.45) is 4.38. The van der Waals surface area contributed by atoms with E-state index in [1.54, 1.807) is 24.6 Å². The molecule has 2 amide bonds. The van der Waals surface area contributed by atoms with E-state index in [1.165, 1.54) is 0 Å². The van der Waals surface area contributed by atoms with Crippen LogP contribution < -0.4 is 5.32 Å². The molecule has 0 saturated carbocycles. The lowest BCUT2D eigenvalue weighted by Gasteiger charge is -2.34. The van der Waals surface area contributed by atoms with Crippen LogP contribution in [0.2, 0.25) is 0 Å². The third-order valence-electron chi connectivity index (χ3n) is 5.83. The van der Waals surface area contributed by atoms with Gasteiger partial charge in [0.05, 0.1) is 24.1 Å². The van der Waals surface area contributed by atoms with Crippen molar-refractivity contribution in [3.05, 3.63) is 52.5 Å². The molecular weight excluding hydrogens is 398 g/mol. The zero-order chi connectivity index (χ0) is 21.5. The van der Waals surface area contributed by atoms with Gasteiger partial charge in [-0.1, -0.05) is 44.2 Å². The first-order valence-electron chi connectivity index (χ1n) is 10.6. The number of ether oxygens (including phenoxy) is 1. The highest BCUT2D eigenvalue weighted by Crippen LogP contribution is 2.28. The number of aromatic nitrogens is 1. The summed E-state index contributed by atoms with van der Waals surface area (Å²) in [6.45, 7) is 4.50. The lowest BCUT2D eigenvalue weighted by atomic mass is 9.94. The van der Waals surface area contributed by atoms with Crippen LogP contribution in [0.15, 0.2) is 41.9 Å². The maximum absolute atomic E-state index is 13.2. The van der Waals surface area contributed by atoms with Crippen molar-refractivity contribution < 1.29 is 14.3 Å². The van der Waals surface area contributed by atoms with Crippen LogP contribution in [0.4, 0.5) is 0 Å². The van der Waals surface area contributed by atoms with E-state index in [9.17, 15) is 9.59 Å². The average Bonchev–Trinajstić information content (AvgIpc) is 3.46. The number of carbonyl (C=O) groups excluding carboxylic acids is 2. The van der Waals surface area contributed by atoms with E-state index in [-0.39, 0.29) is 35.9 Å². The van der Waals surface area contributed by atoms with Gasteiger partial charge in [-0.15, -0.1) is 11.3 Å². The van der Waals surface area contributed by atoms with Crippen molar-refractivity contribution in [2.45, 2.75) is 57.7 Å². The van der Waals surface area contributed by atoms with Crippen LogP contribution in [0.1, 0.15) is 49.7 Å². The molecule has 0 bridgehead atoms. The van der Waals surface area contributed by atoms with E-state index >= 15 is 0 Å². The lowest BCUT2D eigenvalue weighted by molar-refractivity contribution is -0.139. The normalized spacial score (nSPS) is 19.3. The Balaban J connectivity index is 1.73. The lowest BCUT2D eigenvalue weighted by Crippen LogP contribution is -2.50. The standard InChI is InChI=1S/C23H31N3O3S/c1-4-20(27)26-13-8-11-19(26)21(29-3)16(2)22(28)25-18(23-24-12-14-30-23)15-17-9-6-5-7-10-17/h5-7,9-10,12,14,16,18-19,21H,4,8,11,13,15H2,1-3H3,(H,25,28)/t16-,18+,19+,21-/m1/s1. The van der Waals surface area contributed by atoms with E-state index in [0.29, 0.717) is 12.8 Å². The molecule has 1 saturated heterocycles. The molecule has 1 aliphatic heterocycles. The molecular formula is C23H31N3O3S. The maximum atomic E-state index is 13.2. The molecule has 4 atom stereocenters. The first kappa shape index (κ1) is 22.4. The second-order valence-electron chi connectivity index (χ2n) is 7.76. The van der Waals surface area contributed by atoms with Gasteiger partial charge in [-0.3, -0.25) is 9.59 Å². The largest absolute Gasteiger partial charge is 0.378 e. The SMILES string of the molecule is CCC(=O)N1CCC[C@H]1[C@H](OC)[C@@H](C)C(=O)N[C@@H](Cc1ccccc1)c1nccs1. The summed E-state index contributed by atoms with van der Waals surface area (Å²) in [7, 11) is 1.63. The minimum atomic E-state index is -0.386. The second-order valence-corrected chi connectivity index (χ2v) is 8.69. The molecule has 1 fully saturated rings. The maximum Gasteiger partial charge on any atom is 0.226 e. The molecule has 3 rings (SSSR count). The topological polar surface area (TPSA) is 71.5 Å². The van der Waals surface area contributed by atoms with E-state index < -0.39 is 0 Å². The van der Waals surface area contributed by atoms with Crippen LogP contribution in [-0.2, 0) is 20.7 Å². The molecule has 7 heteroatoms. The fourth-order valence-corrected chi connectivity index (χ4v) is 4.94. The average molecular weight is 430 g/mol. The number of hydrogen-bond donors (Lipinski definition) is 1. The Morgan fingerprint density at radius 2 is 2.10 bits per heavy atom. The highest BCUT2D eigenvalue weighted by molar-refractivity contribution is 7.09. The highest BCUT2D eigenvalue weighted by atomic mass is 32.1. The summed E-state index contributed by atoms with van der Waals surface area (Å²) in [4.78, 5) is 31.9. The fraction of sp³-hybridized carbons (Fsp3) is 0.522. The predicted molar refractivity (Wildman–Crippen MR) is 118 cm³/mol. The van der Waals surface area contributed by atoms with Crippen LogP contribution >= 0.6 is 11.3 Å². The van der Waals surface area contributed by atoms with Crippen molar-refractivity contribution in [3.8, 4) is 0 Å². The van der Waals surface area contributed by atoms with Crippen molar-refractivity contribution >= 4 is 23.2 Å². The van der Waals surface area contributed by atoms with E-state index in [4.69, 9.17) is 4.74 Å². The third-order valence-corrected chi connectivity index (χ3v) is 6.72. The molecule has 2 aromatic rings. The molecule has 6 nitrogen and oxygen atoms in total. The minimum Gasteiger partial charge on any atom is -0.378 e. The summed E-state index contributed by atoms with van der Waals surface area (Å²) in [5.41, 5.74) is 1.14. The van der Waals surface area contributed by atoms with Crippen molar-refractivity contribution in [2.24, 2.45) is 5.92 Å². The molecule has 1 aromatic heterocycles. The third kappa shape index (κ3) is 5.26. The molecule has 2 heterocycles. The Labute approximate surface area is 182 Å². The number of methoxy groups -OCH3 is 1. The molecule has 1 aromatic carbocycles. The van der Waals surface area contributed by atoms with Crippen molar-refractivity contribution in [1.29, 1.82) is 0 Å². The monoisotopic (exact) mass is 429 g/mol. The van der Waals surface area contributed by atoms with Gasteiger partial charge in [0.2, 0.25) is 11.8 Å². The zero-order valence-corrected chi connectivity index (χ0v) is 18.7. The first-order chi connectivity index (χ1) is 14.5. The quantitative estimate of drug-likeness (QED) is 0.661. The van der Waals surface area contributed by atoms with Crippen LogP contribution in [-0.4, -0.2) is 47.5 Å². The van der Waals surface area contributed by atoms with Gasteiger partial charge in [-0.25, -0.2) is 4.98 Å². The van der Waals surface area contributed by atoms with Crippen LogP contribution in [0.3, 0.4) is 0 Å². The van der Waals surface area contributed by atoms with Crippen LogP contribution in [0.5, 0.6) is 0 Å². The Morgan fingerprint density at radius 1 is 1.33 bits per heavy atom. The van der Waals surface area contributed by atoms with Gasteiger partial charge in [0.1, 0.15) is 5.01 Å². The number of benzene rings is 1. The molecule has 1 N–H and O–H groups in total. The smallest absolute Gasteiger partial charge is 0.226 e. The summed E-state index contributed by atoms with van der Waals surface area (Å²) < 4.78 is 5.76. The summed E-state index contributed by atoms with van der Waals surface area (Å²) in [6, 6.07) is 9.84. The minimum absolute atomic E-state index is 0.0596. The molecule has 0 spiro atoms. The van der Waals surface area contributed by atoms with Gasteiger partial charge in [-0.2, -0.15) is 0 Å². The Hall–Kier alpha value is -2.25. The van der Waals surface area contributed by atoms with E-state index in [2.05, 4.69) is 22.4 Å². The van der Waals surface area contributed by atoms with Crippen LogP contribution in [0.25, 0.3) is 0 Å². The number of rotatable bonds is 9. The Kier molecular flexibility index (Phi) is 7.99. The molecule has 0 aliphatic carbocycles. The van der Waals surface area contributed by atoms with E-state index in [1.807, 2.05) is 42.3 Å². The fourth-order valence-electron chi connectivity index (χ4n) is 4.25. The molecule has 0 radical (unpaired) electrons. The van der Waals surface area contributed by atoms with Crippen molar-refractivity contribution in [3.63, 3.8) is 0 Å². The summed E-state index contributed by atoms with van der Waals surface area (Å²) in [5, 5.41) is 6.00. The van der Waals surface area contributed by atoms with Gasteiger partial charge in [0, 0.05) is 31.7 Å². The predicted octanol–water partition coefficient (Wildman–Crippen LogP) is 3.60. The zero-order valence-electron chi connectivity index (χ0n) is 17.9. The molecule has 162 valence electrons. The van der Waals surface area contributed by atoms with Gasteiger partial charge < -0.3 is 15.0 Å².